The van der Waals surface area contributed by atoms with Crippen molar-refractivity contribution in [2.45, 2.75) is 38.8 Å². The predicted molar refractivity (Wildman–Crippen MR) is 175 cm³/mol. The van der Waals surface area contributed by atoms with E-state index in [1.54, 1.807) is 68.5 Å². The van der Waals surface area contributed by atoms with Crippen LogP contribution in [0.1, 0.15) is 43.9 Å². The van der Waals surface area contributed by atoms with Crippen LogP contribution in [0.15, 0.2) is 72.3 Å². The number of rotatable bonds is 6. The topological polar surface area (TPSA) is 120 Å². The lowest BCUT2D eigenvalue weighted by Gasteiger charge is -2.49. The Morgan fingerprint density at radius 3 is 2.40 bits per heavy atom. The molecule has 2 aliphatic heterocycles. The number of para-hydroxylation sites is 2. The quantitative estimate of drug-likeness (QED) is 0.240. The van der Waals surface area contributed by atoms with E-state index in [1.165, 1.54) is 7.05 Å². The van der Waals surface area contributed by atoms with E-state index < -0.39 is 76.3 Å². The molecule has 10 nitrogen and oxygen atoms in total. The molecule has 14 heteroatoms. The van der Waals surface area contributed by atoms with Crippen LogP contribution < -0.4 is 14.6 Å². The van der Waals surface area contributed by atoms with Gasteiger partial charge in [0.2, 0.25) is 11.8 Å². The number of carbonyl (C=O) groups is 4. The van der Waals surface area contributed by atoms with Gasteiger partial charge in [-0.1, -0.05) is 53.6 Å². The van der Waals surface area contributed by atoms with Gasteiger partial charge in [0.25, 0.3) is 11.8 Å². The molecule has 0 spiro atoms. The van der Waals surface area contributed by atoms with Crippen molar-refractivity contribution >= 4 is 46.7 Å². The molecular formula is C36H32ClF3N4O6. The van der Waals surface area contributed by atoms with Gasteiger partial charge < -0.3 is 9.84 Å². The van der Waals surface area contributed by atoms with Gasteiger partial charge in [-0.05, 0) is 62.9 Å². The second-order valence-electron chi connectivity index (χ2n) is 13.1. The number of amides is 4. The number of nitrogens with zero attached hydrogens (tertiary/aromatic N) is 4. The van der Waals surface area contributed by atoms with Crippen LogP contribution in [-0.2, 0) is 25.4 Å². The molecular weight excluding hydrogens is 677 g/mol. The van der Waals surface area contributed by atoms with Gasteiger partial charge in [-0.15, -0.1) is 0 Å². The first-order chi connectivity index (χ1) is 23.7. The van der Waals surface area contributed by atoms with Crippen LogP contribution in [-0.4, -0.2) is 52.4 Å². The molecule has 50 heavy (non-hydrogen) atoms. The van der Waals surface area contributed by atoms with Gasteiger partial charge in [-0.2, -0.15) is 18.2 Å². The minimum atomic E-state index is -4.81. The standard InChI is InChI=1S/C36H32ClF3N4O6/c1-4-50-25-12-8-11-21(29(25)45)28-19-13-14-20-27(22(19)17-23-32(47)43(34(49)35(23,28)2)18-9-6-5-7-10-18)33(48)44(31(20)46)42(3)30-24(37)15-16-26(41-30)36(38,39)40/h5-13,15-16,20,22-23,27-28,45H,4,14,17H2,1-3H3/t20-,22+,23-,27-,28+,35+/m0/s1. The number of phenolic OH excluding ortho intramolecular Hbond substituents is 1. The van der Waals surface area contributed by atoms with E-state index in [-0.39, 0.29) is 36.0 Å². The number of halogens is 4. The molecule has 260 valence electrons. The molecule has 7 rings (SSSR count). The number of aromatic hydroxyl groups is 1. The van der Waals surface area contributed by atoms with Gasteiger partial charge in [0.05, 0.1) is 40.5 Å². The molecule has 0 bridgehead atoms. The zero-order chi connectivity index (χ0) is 35.9. The summed E-state index contributed by atoms with van der Waals surface area (Å²) < 4.78 is 46.4. The van der Waals surface area contributed by atoms with E-state index in [4.69, 9.17) is 16.3 Å². The Labute approximate surface area is 290 Å². The lowest BCUT2D eigenvalue weighted by atomic mass is 9.51. The number of allylic oxidation sites excluding steroid dienone is 2. The number of hydrazine groups is 1. The maximum Gasteiger partial charge on any atom is 0.433 e. The summed E-state index contributed by atoms with van der Waals surface area (Å²) in [5.41, 5.74) is -1.32. The average Bonchev–Trinajstić information content (AvgIpc) is 3.45. The van der Waals surface area contributed by atoms with Crippen molar-refractivity contribution in [1.29, 1.82) is 0 Å². The second kappa shape index (κ2) is 11.9. The lowest BCUT2D eigenvalue weighted by Crippen LogP contribution is -2.49. The number of carbonyl (C=O) groups excluding carboxylic acids is 4. The third-order valence-corrected chi connectivity index (χ3v) is 10.9. The number of phenols is 1. The minimum Gasteiger partial charge on any atom is -0.504 e. The molecule has 4 aliphatic rings. The smallest absolute Gasteiger partial charge is 0.433 e. The van der Waals surface area contributed by atoms with Crippen molar-refractivity contribution in [1.82, 2.24) is 9.99 Å². The summed E-state index contributed by atoms with van der Waals surface area (Å²) in [6, 6.07) is 15.1. The fraction of sp³-hybridized carbons (Fsp3) is 0.361. The van der Waals surface area contributed by atoms with E-state index in [2.05, 4.69) is 4.98 Å². The summed E-state index contributed by atoms with van der Waals surface area (Å²) in [5.74, 6) is -7.26. The van der Waals surface area contributed by atoms with Crippen molar-refractivity contribution in [2.24, 2.45) is 29.1 Å². The van der Waals surface area contributed by atoms with Crippen LogP contribution in [0, 0.1) is 29.1 Å². The first-order valence-electron chi connectivity index (χ1n) is 16.1. The largest absolute Gasteiger partial charge is 0.504 e. The summed E-state index contributed by atoms with van der Waals surface area (Å²) in [5, 5.41) is 13.1. The van der Waals surface area contributed by atoms with E-state index in [9.17, 15) is 37.5 Å². The highest BCUT2D eigenvalue weighted by Gasteiger charge is 2.68. The number of ether oxygens (including phenoxy) is 1. The van der Waals surface area contributed by atoms with E-state index in [0.717, 1.165) is 21.0 Å². The monoisotopic (exact) mass is 708 g/mol. The zero-order valence-corrected chi connectivity index (χ0v) is 27.9. The average molecular weight is 709 g/mol. The van der Waals surface area contributed by atoms with Crippen LogP contribution in [0.5, 0.6) is 11.5 Å². The van der Waals surface area contributed by atoms with Crippen molar-refractivity contribution in [3.63, 3.8) is 0 Å². The number of anilines is 2. The summed E-state index contributed by atoms with van der Waals surface area (Å²) >= 11 is 6.25. The fourth-order valence-corrected chi connectivity index (χ4v) is 8.64. The van der Waals surface area contributed by atoms with Crippen LogP contribution in [0.3, 0.4) is 0 Å². The molecule has 0 radical (unpaired) electrons. The van der Waals surface area contributed by atoms with Crippen LogP contribution in [0.2, 0.25) is 5.02 Å². The normalized spacial score (nSPS) is 27.6. The maximum absolute atomic E-state index is 14.6. The second-order valence-corrected chi connectivity index (χ2v) is 13.5. The molecule has 2 aliphatic carbocycles. The molecule has 2 saturated heterocycles. The molecule has 3 aromatic rings. The molecule has 1 saturated carbocycles. The van der Waals surface area contributed by atoms with Gasteiger partial charge in [-0.25, -0.2) is 9.88 Å². The van der Waals surface area contributed by atoms with Crippen LogP contribution >= 0.6 is 11.6 Å². The third kappa shape index (κ3) is 4.80. The summed E-state index contributed by atoms with van der Waals surface area (Å²) in [6.07, 6.45) is -2.89. The molecule has 4 amide bonds. The van der Waals surface area contributed by atoms with Crippen molar-refractivity contribution in [3.05, 3.63) is 88.6 Å². The molecule has 3 fully saturated rings. The summed E-state index contributed by atoms with van der Waals surface area (Å²) in [7, 11) is 1.24. The van der Waals surface area contributed by atoms with Gasteiger partial charge in [0, 0.05) is 18.5 Å². The highest BCUT2D eigenvalue weighted by molar-refractivity contribution is 6.33. The van der Waals surface area contributed by atoms with Crippen molar-refractivity contribution in [3.8, 4) is 11.5 Å². The molecule has 6 atom stereocenters. The SMILES string of the molecule is CCOc1cccc([C@H]2C3=CC[C@@H]4C(=O)N(N(C)c5nc(C(F)(F)F)ccc5Cl)C(=O)[C@@H]4[C@@H]3C[C@H]3C(=O)N(c4ccccc4)C(=O)[C@@]23C)c1O. The highest BCUT2D eigenvalue weighted by Crippen LogP contribution is 2.65. The van der Waals surface area contributed by atoms with E-state index in [1.807, 2.05) is 0 Å². The maximum atomic E-state index is 14.6. The zero-order valence-electron chi connectivity index (χ0n) is 27.1. The molecule has 2 aromatic carbocycles. The Morgan fingerprint density at radius 1 is 1.00 bits per heavy atom. The molecule has 1 N–H and O–H groups in total. The number of hydrogen-bond donors (Lipinski definition) is 1. The molecule has 3 heterocycles. The first kappa shape index (κ1) is 33.6. The third-order valence-electron chi connectivity index (χ3n) is 10.6. The molecule has 1 aromatic heterocycles. The van der Waals surface area contributed by atoms with Crippen molar-refractivity contribution < 1.29 is 42.2 Å². The highest BCUT2D eigenvalue weighted by atomic mass is 35.5. The van der Waals surface area contributed by atoms with Gasteiger partial charge in [0.15, 0.2) is 17.3 Å². The Balaban J connectivity index is 1.34. The Bertz CT molecular complexity index is 1970. The minimum absolute atomic E-state index is 0.0406. The lowest BCUT2D eigenvalue weighted by molar-refractivity contribution is -0.141. The van der Waals surface area contributed by atoms with Crippen molar-refractivity contribution in [2.75, 3.05) is 23.6 Å². The summed E-state index contributed by atoms with van der Waals surface area (Å²) in [4.78, 5) is 62.0. The Hall–Kier alpha value is -4.91. The first-order valence-corrected chi connectivity index (χ1v) is 16.5. The molecule has 0 unspecified atom stereocenters. The number of hydrogen-bond acceptors (Lipinski definition) is 8. The Morgan fingerprint density at radius 2 is 1.72 bits per heavy atom. The van der Waals surface area contributed by atoms with Gasteiger partial charge in [-0.3, -0.25) is 24.2 Å². The van der Waals surface area contributed by atoms with E-state index in [0.29, 0.717) is 22.9 Å². The fourth-order valence-electron chi connectivity index (χ4n) is 8.42. The van der Waals surface area contributed by atoms with Gasteiger partial charge >= 0.3 is 6.18 Å². The van der Waals surface area contributed by atoms with E-state index >= 15 is 0 Å². The predicted octanol–water partition coefficient (Wildman–Crippen LogP) is 6.14. The number of fused-ring (bicyclic) bond motifs is 4. The van der Waals surface area contributed by atoms with Gasteiger partial charge in [0.1, 0.15) is 5.69 Å². The number of benzene rings is 2. The number of aromatic nitrogens is 1. The summed E-state index contributed by atoms with van der Waals surface area (Å²) in [6.45, 7) is 3.71. The number of imide groups is 2. The van der Waals surface area contributed by atoms with Crippen LogP contribution in [0.4, 0.5) is 24.7 Å². The number of pyridine rings is 1. The Kier molecular flexibility index (Phi) is 7.96. The van der Waals surface area contributed by atoms with Crippen LogP contribution in [0.25, 0.3) is 0 Å². The number of alkyl halides is 3.